The lowest BCUT2D eigenvalue weighted by molar-refractivity contribution is 0.831. The van der Waals surface area contributed by atoms with Crippen LogP contribution in [-0.2, 0) is 0 Å². The van der Waals surface area contributed by atoms with E-state index in [1.807, 2.05) is 38.2 Å². The van der Waals surface area contributed by atoms with Gasteiger partial charge in [-0.15, -0.1) is 0 Å². The van der Waals surface area contributed by atoms with Crippen molar-refractivity contribution in [2.24, 2.45) is 4.99 Å². The van der Waals surface area contributed by atoms with Crippen LogP contribution in [0.3, 0.4) is 0 Å². The van der Waals surface area contributed by atoms with E-state index in [2.05, 4.69) is 22.5 Å². The first-order valence-corrected chi connectivity index (χ1v) is 5.19. The number of likely N-dealkylation sites (N-methyl/N-ethyl adjacent to an activating group) is 1. The molecule has 0 radical (unpaired) electrons. The third-order valence-electron chi connectivity index (χ3n) is 2.69. The molecule has 80 valence electrons. The SMILES string of the molecule is CNC1C=C(c2ccc(C#N)cc2)N=C1C. The number of hydrogen-bond acceptors (Lipinski definition) is 3. The van der Waals surface area contributed by atoms with Crippen molar-refractivity contribution in [2.45, 2.75) is 13.0 Å². The van der Waals surface area contributed by atoms with Gasteiger partial charge in [0, 0.05) is 5.71 Å². The van der Waals surface area contributed by atoms with Crippen LogP contribution in [0, 0.1) is 11.3 Å². The van der Waals surface area contributed by atoms with Crippen LogP contribution in [0.1, 0.15) is 18.1 Å². The summed E-state index contributed by atoms with van der Waals surface area (Å²) in [6.07, 6.45) is 2.09. The minimum Gasteiger partial charge on any atom is -0.309 e. The van der Waals surface area contributed by atoms with E-state index in [1.165, 1.54) is 0 Å². The second kappa shape index (κ2) is 4.30. The molecule has 3 nitrogen and oxygen atoms in total. The predicted octanol–water partition coefficient (Wildman–Crippen LogP) is 1.96. The van der Waals surface area contributed by atoms with Gasteiger partial charge in [-0.3, -0.25) is 4.99 Å². The van der Waals surface area contributed by atoms with Gasteiger partial charge in [-0.1, -0.05) is 12.1 Å². The Labute approximate surface area is 95.1 Å². The lowest BCUT2D eigenvalue weighted by Crippen LogP contribution is -2.27. The molecule has 0 fully saturated rings. The molecule has 1 heterocycles. The molecule has 0 amide bonds. The summed E-state index contributed by atoms with van der Waals surface area (Å²) >= 11 is 0. The highest BCUT2D eigenvalue weighted by molar-refractivity contribution is 5.98. The van der Waals surface area contributed by atoms with E-state index in [4.69, 9.17) is 5.26 Å². The van der Waals surface area contributed by atoms with Gasteiger partial charge in [-0.2, -0.15) is 5.26 Å². The number of nitriles is 1. The Kier molecular flexibility index (Phi) is 2.84. The van der Waals surface area contributed by atoms with E-state index >= 15 is 0 Å². The lowest BCUT2D eigenvalue weighted by atomic mass is 10.1. The number of hydrogen-bond donors (Lipinski definition) is 1. The third kappa shape index (κ3) is 1.88. The van der Waals surface area contributed by atoms with Crippen LogP contribution in [-0.4, -0.2) is 18.8 Å². The molecule has 1 atom stereocenters. The molecule has 1 aliphatic rings. The molecule has 0 saturated heterocycles. The van der Waals surface area contributed by atoms with Crippen LogP contribution in [0.4, 0.5) is 0 Å². The fourth-order valence-electron chi connectivity index (χ4n) is 1.74. The highest BCUT2D eigenvalue weighted by Crippen LogP contribution is 2.22. The van der Waals surface area contributed by atoms with Gasteiger partial charge in [0.05, 0.1) is 23.4 Å². The number of nitrogens with one attached hydrogen (secondary N) is 1. The summed E-state index contributed by atoms with van der Waals surface area (Å²) in [5, 5.41) is 11.9. The smallest absolute Gasteiger partial charge is 0.0991 e. The standard InChI is InChI=1S/C13H13N3/c1-9-12(15-2)7-13(16-9)11-5-3-10(8-14)4-6-11/h3-7,12,15H,1-2H3. The van der Waals surface area contributed by atoms with E-state index in [9.17, 15) is 0 Å². The van der Waals surface area contributed by atoms with Gasteiger partial charge in [-0.25, -0.2) is 0 Å². The summed E-state index contributed by atoms with van der Waals surface area (Å²) in [7, 11) is 1.92. The number of rotatable bonds is 2. The highest BCUT2D eigenvalue weighted by atomic mass is 14.9. The van der Waals surface area contributed by atoms with E-state index < -0.39 is 0 Å². The van der Waals surface area contributed by atoms with Crippen LogP contribution in [0.2, 0.25) is 0 Å². The minimum atomic E-state index is 0.227. The Morgan fingerprint density at radius 2 is 2.00 bits per heavy atom. The minimum absolute atomic E-state index is 0.227. The Hall–Kier alpha value is -1.92. The summed E-state index contributed by atoms with van der Waals surface area (Å²) in [5.41, 5.74) is 3.77. The zero-order chi connectivity index (χ0) is 11.5. The Morgan fingerprint density at radius 1 is 1.31 bits per heavy atom. The Balaban J connectivity index is 2.30. The number of nitrogens with zero attached hydrogens (tertiary/aromatic N) is 2. The summed E-state index contributed by atoms with van der Waals surface area (Å²) in [6.45, 7) is 2.01. The molecule has 0 spiro atoms. The Morgan fingerprint density at radius 3 is 2.50 bits per heavy atom. The zero-order valence-corrected chi connectivity index (χ0v) is 9.36. The second-order valence-corrected chi connectivity index (χ2v) is 3.76. The molecule has 0 aromatic heterocycles. The molecular formula is C13H13N3. The van der Waals surface area contributed by atoms with E-state index in [-0.39, 0.29) is 6.04 Å². The molecule has 1 aromatic carbocycles. The Bertz CT molecular complexity index is 489. The quantitative estimate of drug-likeness (QED) is 0.813. The first-order chi connectivity index (χ1) is 7.74. The zero-order valence-electron chi connectivity index (χ0n) is 9.36. The first-order valence-electron chi connectivity index (χ1n) is 5.19. The number of aliphatic imine (C=N–C) groups is 1. The summed E-state index contributed by atoms with van der Waals surface area (Å²) in [5.74, 6) is 0. The van der Waals surface area contributed by atoms with Crippen LogP contribution < -0.4 is 5.32 Å². The van der Waals surface area contributed by atoms with Crippen molar-refractivity contribution in [3.63, 3.8) is 0 Å². The van der Waals surface area contributed by atoms with Crippen LogP contribution in [0.5, 0.6) is 0 Å². The van der Waals surface area contributed by atoms with Crippen molar-refractivity contribution in [3.8, 4) is 6.07 Å². The summed E-state index contributed by atoms with van der Waals surface area (Å²) in [6, 6.07) is 9.82. The van der Waals surface area contributed by atoms with Gasteiger partial charge in [-0.05, 0) is 37.7 Å². The predicted molar refractivity (Wildman–Crippen MR) is 65.1 cm³/mol. The van der Waals surface area contributed by atoms with Gasteiger partial charge in [0.2, 0.25) is 0 Å². The lowest BCUT2D eigenvalue weighted by Gasteiger charge is -2.03. The summed E-state index contributed by atoms with van der Waals surface area (Å²) in [4.78, 5) is 4.50. The fourth-order valence-corrected chi connectivity index (χ4v) is 1.74. The molecule has 1 aromatic rings. The topological polar surface area (TPSA) is 48.2 Å². The van der Waals surface area contributed by atoms with Crippen LogP contribution in [0.25, 0.3) is 5.70 Å². The van der Waals surface area contributed by atoms with Gasteiger partial charge in [0.15, 0.2) is 0 Å². The molecule has 0 saturated carbocycles. The molecular weight excluding hydrogens is 198 g/mol. The number of benzene rings is 1. The largest absolute Gasteiger partial charge is 0.309 e. The molecule has 1 aliphatic heterocycles. The van der Waals surface area contributed by atoms with Gasteiger partial charge >= 0.3 is 0 Å². The van der Waals surface area contributed by atoms with Crippen LogP contribution >= 0.6 is 0 Å². The van der Waals surface area contributed by atoms with Gasteiger partial charge in [0.25, 0.3) is 0 Å². The first kappa shape index (κ1) is 10.6. The monoisotopic (exact) mass is 211 g/mol. The molecule has 1 N–H and O–H groups in total. The summed E-state index contributed by atoms with van der Waals surface area (Å²) < 4.78 is 0. The average molecular weight is 211 g/mol. The van der Waals surface area contributed by atoms with Crippen molar-refractivity contribution in [1.82, 2.24) is 5.32 Å². The molecule has 1 unspecified atom stereocenters. The van der Waals surface area contributed by atoms with E-state index in [0.717, 1.165) is 17.0 Å². The molecule has 2 rings (SSSR count). The second-order valence-electron chi connectivity index (χ2n) is 3.76. The van der Waals surface area contributed by atoms with Crippen molar-refractivity contribution in [3.05, 3.63) is 41.5 Å². The molecule has 0 aliphatic carbocycles. The van der Waals surface area contributed by atoms with Crippen molar-refractivity contribution in [2.75, 3.05) is 7.05 Å². The van der Waals surface area contributed by atoms with Gasteiger partial charge < -0.3 is 5.32 Å². The molecule has 16 heavy (non-hydrogen) atoms. The average Bonchev–Trinajstić information content (AvgIpc) is 2.71. The molecule has 0 bridgehead atoms. The van der Waals surface area contributed by atoms with Crippen molar-refractivity contribution in [1.29, 1.82) is 5.26 Å². The van der Waals surface area contributed by atoms with E-state index in [0.29, 0.717) is 5.56 Å². The molecule has 3 heteroatoms. The van der Waals surface area contributed by atoms with Crippen molar-refractivity contribution < 1.29 is 0 Å². The van der Waals surface area contributed by atoms with Crippen molar-refractivity contribution >= 4 is 11.4 Å². The third-order valence-corrected chi connectivity index (χ3v) is 2.69. The maximum Gasteiger partial charge on any atom is 0.0991 e. The maximum atomic E-state index is 8.71. The normalized spacial score (nSPS) is 18.9. The van der Waals surface area contributed by atoms with Crippen LogP contribution in [0.15, 0.2) is 35.3 Å². The highest BCUT2D eigenvalue weighted by Gasteiger charge is 2.16. The van der Waals surface area contributed by atoms with Gasteiger partial charge in [0.1, 0.15) is 0 Å². The van der Waals surface area contributed by atoms with E-state index in [1.54, 1.807) is 0 Å². The maximum absolute atomic E-state index is 8.71. The fraction of sp³-hybridized carbons (Fsp3) is 0.231.